The molecular weight excluding hydrogens is 236 g/mol. The number of carbonyl (C=O) groups is 1. The second-order valence-corrected chi connectivity index (χ2v) is 4.96. The van der Waals surface area contributed by atoms with Crippen LogP contribution in [0.1, 0.15) is 40.0 Å². The minimum Gasteiger partial charge on any atom is -0.341 e. The fourth-order valence-electron chi connectivity index (χ4n) is 1.45. The van der Waals surface area contributed by atoms with Crippen molar-refractivity contribution in [1.29, 1.82) is 0 Å². The summed E-state index contributed by atoms with van der Waals surface area (Å²) in [6.45, 7) is 5.71. The van der Waals surface area contributed by atoms with Gasteiger partial charge in [0.25, 0.3) is 5.91 Å². The number of aromatic amines is 1. The molecule has 0 radical (unpaired) electrons. The lowest BCUT2D eigenvalue weighted by molar-refractivity contribution is 0.0929. The van der Waals surface area contributed by atoms with Gasteiger partial charge in [-0.1, -0.05) is 0 Å². The molecule has 1 atom stereocenters. The van der Waals surface area contributed by atoms with Crippen LogP contribution >= 0.6 is 11.3 Å². The molecule has 0 aliphatic rings. The van der Waals surface area contributed by atoms with Gasteiger partial charge in [-0.05, 0) is 20.8 Å². The summed E-state index contributed by atoms with van der Waals surface area (Å²) in [4.78, 5) is 23.0. The summed E-state index contributed by atoms with van der Waals surface area (Å²) in [6, 6.07) is -0.113. The molecule has 1 amide bonds. The van der Waals surface area contributed by atoms with Crippen molar-refractivity contribution in [2.75, 3.05) is 0 Å². The Morgan fingerprint density at radius 2 is 2.29 bits per heavy atom. The normalized spacial score (nSPS) is 12.4. The molecule has 2 heterocycles. The van der Waals surface area contributed by atoms with Crippen LogP contribution in [0.3, 0.4) is 0 Å². The lowest BCUT2D eigenvalue weighted by Gasteiger charge is -2.09. The Kier molecular flexibility index (Phi) is 3.23. The van der Waals surface area contributed by atoms with Gasteiger partial charge in [0.05, 0.1) is 16.7 Å². The maximum atomic E-state index is 11.8. The maximum absolute atomic E-state index is 11.8. The van der Waals surface area contributed by atoms with E-state index in [0.717, 1.165) is 16.4 Å². The molecule has 0 unspecified atom stereocenters. The van der Waals surface area contributed by atoms with Crippen LogP contribution in [0.25, 0.3) is 0 Å². The van der Waals surface area contributed by atoms with Gasteiger partial charge >= 0.3 is 0 Å². The fraction of sp³-hybridized carbons (Fsp3) is 0.364. The number of H-pyrrole nitrogens is 1. The number of hydrogen-bond acceptors (Lipinski definition) is 4. The topological polar surface area (TPSA) is 70.7 Å². The molecule has 0 aliphatic heterocycles. The Morgan fingerprint density at radius 1 is 1.53 bits per heavy atom. The third kappa shape index (κ3) is 2.71. The van der Waals surface area contributed by atoms with Crippen LogP contribution in [0.5, 0.6) is 0 Å². The lowest BCUT2D eigenvalue weighted by atomic mass is 10.2. The predicted molar refractivity (Wildman–Crippen MR) is 66.1 cm³/mol. The van der Waals surface area contributed by atoms with Crippen molar-refractivity contribution in [3.05, 3.63) is 33.8 Å². The first kappa shape index (κ1) is 11.8. The Labute approximate surface area is 103 Å². The van der Waals surface area contributed by atoms with E-state index in [4.69, 9.17) is 0 Å². The first-order chi connectivity index (χ1) is 8.06. The van der Waals surface area contributed by atoms with E-state index >= 15 is 0 Å². The monoisotopic (exact) mass is 250 g/mol. The number of aromatic nitrogens is 3. The Morgan fingerprint density at radius 3 is 2.82 bits per heavy atom. The molecule has 2 rings (SSSR count). The van der Waals surface area contributed by atoms with E-state index in [0.29, 0.717) is 5.82 Å². The van der Waals surface area contributed by atoms with E-state index in [1.54, 1.807) is 17.5 Å². The molecule has 2 aromatic heterocycles. The number of hydrogen-bond donors (Lipinski definition) is 2. The predicted octanol–water partition coefficient (Wildman–Crippen LogP) is 1.97. The molecule has 0 bridgehead atoms. The Hall–Kier alpha value is -1.69. The molecule has 0 saturated heterocycles. The molecule has 5 nitrogen and oxygen atoms in total. The zero-order chi connectivity index (χ0) is 12.4. The number of nitrogens with zero attached hydrogens (tertiary/aromatic N) is 2. The zero-order valence-electron chi connectivity index (χ0n) is 9.94. The van der Waals surface area contributed by atoms with Gasteiger partial charge in [-0.25, -0.2) is 9.97 Å². The highest BCUT2D eigenvalue weighted by molar-refractivity contribution is 7.09. The molecule has 17 heavy (non-hydrogen) atoms. The first-order valence-electron chi connectivity index (χ1n) is 5.31. The zero-order valence-corrected chi connectivity index (χ0v) is 10.8. The lowest BCUT2D eigenvalue weighted by Crippen LogP contribution is -2.27. The Balaban J connectivity index is 2.04. The van der Waals surface area contributed by atoms with Crippen molar-refractivity contribution in [1.82, 2.24) is 20.3 Å². The van der Waals surface area contributed by atoms with Crippen LogP contribution in [-0.2, 0) is 0 Å². The van der Waals surface area contributed by atoms with E-state index < -0.39 is 0 Å². The van der Waals surface area contributed by atoms with E-state index in [1.165, 1.54) is 0 Å². The number of rotatable bonds is 3. The molecule has 2 aromatic rings. The van der Waals surface area contributed by atoms with Crippen molar-refractivity contribution < 1.29 is 4.79 Å². The second-order valence-electron chi connectivity index (χ2n) is 3.90. The van der Waals surface area contributed by atoms with Gasteiger partial charge in [-0.3, -0.25) is 4.79 Å². The first-order valence-corrected chi connectivity index (χ1v) is 6.18. The van der Waals surface area contributed by atoms with E-state index in [1.807, 2.05) is 26.2 Å². The van der Waals surface area contributed by atoms with Crippen LogP contribution in [0.15, 0.2) is 11.6 Å². The summed E-state index contributed by atoms with van der Waals surface area (Å²) in [5.41, 5.74) is 1.75. The van der Waals surface area contributed by atoms with Crippen LogP contribution in [-0.4, -0.2) is 20.9 Å². The largest absolute Gasteiger partial charge is 0.341 e. The third-order valence-corrected chi connectivity index (χ3v) is 3.14. The molecule has 90 valence electrons. The summed E-state index contributed by atoms with van der Waals surface area (Å²) in [5.74, 6) is 0.123. The van der Waals surface area contributed by atoms with Crippen LogP contribution in [0.2, 0.25) is 0 Å². The summed E-state index contributed by atoms with van der Waals surface area (Å²) < 4.78 is 0. The SMILES string of the molecule is Cc1cnc(C(=O)N[C@H](C)c2csc(C)n2)[nH]1. The smallest absolute Gasteiger partial charge is 0.287 e. The van der Waals surface area contributed by atoms with Crippen molar-refractivity contribution in [2.45, 2.75) is 26.8 Å². The van der Waals surface area contributed by atoms with Crippen molar-refractivity contribution in [3.63, 3.8) is 0 Å². The maximum Gasteiger partial charge on any atom is 0.287 e. The minimum absolute atomic E-state index is 0.113. The van der Waals surface area contributed by atoms with Gasteiger partial charge < -0.3 is 10.3 Å². The van der Waals surface area contributed by atoms with Crippen molar-refractivity contribution in [2.24, 2.45) is 0 Å². The van der Waals surface area contributed by atoms with Gasteiger partial charge in [0.1, 0.15) is 0 Å². The average Bonchev–Trinajstić information content (AvgIpc) is 2.87. The number of nitrogens with one attached hydrogen (secondary N) is 2. The van der Waals surface area contributed by atoms with Crippen LogP contribution in [0.4, 0.5) is 0 Å². The van der Waals surface area contributed by atoms with Gasteiger partial charge in [0.15, 0.2) is 5.82 Å². The molecule has 0 aromatic carbocycles. The molecule has 0 spiro atoms. The molecule has 6 heteroatoms. The highest BCUT2D eigenvalue weighted by Crippen LogP contribution is 2.15. The molecule has 0 fully saturated rings. The van der Waals surface area contributed by atoms with E-state index in [9.17, 15) is 4.79 Å². The third-order valence-electron chi connectivity index (χ3n) is 2.35. The highest BCUT2D eigenvalue weighted by atomic mass is 32.1. The number of aryl methyl sites for hydroxylation is 2. The Bertz CT molecular complexity index is 531. The summed E-state index contributed by atoms with van der Waals surface area (Å²) >= 11 is 1.57. The minimum atomic E-state index is -0.212. The summed E-state index contributed by atoms with van der Waals surface area (Å²) in [7, 11) is 0. The van der Waals surface area contributed by atoms with Gasteiger partial charge in [0, 0.05) is 17.3 Å². The number of amides is 1. The average molecular weight is 250 g/mol. The summed E-state index contributed by atoms with van der Waals surface area (Å²) in [6.07, 6.45) is 1.63. The molecule has 2 N–H and O–H groups in total. The van der Waals surface area contributed by atoms with E-state index in [2.05, 4.69) is 20.3 Å². The standard InChI is InChI=1S/C11H14N4OS/c1-6-4-12-10(13-6)11(16)14-7(2)9-5-17-8(3)15-9/h4-5,7H,1-3H3,(H,12,13)(H,14,16)/t7-/m1/s1. The summed E-state index contributed by atoms with van der Waals surface area (Å²) in [5, 5.41) is 5.80. The van der Waals surface area contributed by atoms with Gasteiger partial charge in [-0.2, -0.15) is 0 Å². The van der Waals surface area contributed by atoms with Crippen molar-refractivity contribution in [3.8, 4) is 0 Å². The quantitative estimate of drug-likeness (QED) is 0.875. The molecular formula is C11H14N4OS. The van der Waals surface area contributed by atoms with Gasteiger partial charge in [-0.15, -0.1) is 11.3 Å². The fourth-order valence-corrected chi connectivity index (χ4v) is 2.15. The molecule has 0 aliphatic carbocycles. The number of imidazole rings is 1. The van der Waals surface area contributed by atoms with E-state index in [-0.39, 0.29) is 11.9 Å². The van der Waals surface area contributed by atoms with Gasteiger partial charge in [0.2, 0.25) is 0 Å². The number of thiazole rings is 1. The molecule has 0 saturated carbocycles. The highest BCUT2D eigenvalue weighted by Gasteiger charge is 2.15. The number of carbonyl (C=O) groups excluding carboxylic acids is 1. The van der Waals surface area contributed by atoms with Crippen LogP contribution in [0, 0.1) is 13.8 Å². The van der Waals surface area contributed by atoms with Crippen molar-refractivity contribution >= 4 is 17.2 Å². The second kappa shape index (κ2) is 4.67. The van der Waals surface area contributed by atoms with Crippen LogP contribution < -0.4 is 5.32 Å².